The van der Waals surface area contributed by atoms with E-state index in [-0.39, 0.29) is 11.9 Å². The van der Waals surface area contributed by atoms with Crippen LogP contribution in [0.4, 0.5) is 0 Å². The molecule has 0 aromatic heterocycles. The first-order chi connectivity index (χ1) is 7.20. The van der Waals surface area contributed by atoms with Crippen LogP contribution in [-0.2, 0) is 9.47 Å². The summed E-state index contributed by atoms with van der Waals surface area (Å²) in [6, 6.07) is 0. The lowest BCUT2D eigenvalue weighted by Gasteiger charge is -2.42. The molecule has 15 heavy (non-hydrogen) atoms. The van der Waals surface area contributed by atoms with E-state index in [1.54, 1.807) is 0 Å². The predicted molar refractivity (Wildman–Crippen MR) is 59.8 cm³/mol. The molecule has 1 atom stereocenters. The zero-order valence-corrected chi connectivity index (χ0v) is 10.00. The monoisotopic (exact) mass is 213 g/mol. The van der Waals surface area contributed by atoms with Gasteiger partial charge in [-0.1, -0.05) is 6.42 Å². The van der Waals surface area contributed by atoms with Crippen LogP contribution in [0.3, 0.4) is 0 Å². The van der Waals surface area contributed by atoms with Gasteiger partial charge in [0, 0.05) is 25.9 Å². The maximum Gasteiger partial charge on any atom is 0.168 e. The Kier molecular flexibility index (Phi) is 3.65. The van der Waals surface area contributed by atoms with Crippen molar-refractivity contribution in [2.45, 2.75) is 50.9 Å². The Balaban J connectivity index is 1.98. The summed E-state index contributed by atoms with van der Waals surface area (Å²) in [5, 5.41) is 0. The molecular formula is C12H23NO2. The van der Waals surface area contributed by atoms with Gasteiger partial charge in [-0.15, -0.1) is 0 Å². The van der Waals surface area contributed by atoms with Crippen LogP contribution in [0.1, 0.15) is 39.0 Å². The second kappa shape index (κ2) is 4.81. The van der Waals surface area contributed by atoms with Crippen LogP contribution in [-0.4, -0.2) is 43.5 Å². The fraction of sp³-hybridized carbons (Fsp3) is 1.00. The number of rotatable bonds is 0. The Bertz CT molecular complexity index is 202. The molecule has 0 amide bonds. The molecule has 1 aliphatic heterocycles. The third kappa shape index (κ3) is 2.92. The van der Waals surface area contributed by atoms with E-state index >= 15 is 0 Å². The van der Waals surface area contributed by atoms with Gasteiger partial charge in [0.2, 0.25) is 0 Å². The first-order valence-electron chi connectivity index (χ1n) is 6.21. The Morgan fingerprint density at radius 1 is 1.20 bits per heavy atom. The lowest BCUT2D eigenvalue weighted by atomic mass is 9.93. The average Bonchev–Trinajstić information content (AvgIpc) is 2.16. The van der Waals surface area contributed by atoms with Crippen molar-refractivity contribution in [3.05, 3.63) is 0 Å². The van der Waals surface area contributed by atoms with Gasteiger partial charge in [0.1, 0.15) is 0 Å². The molecule has 88 valence electrons. The van der Waals surface area contributed by atoms with Crippen molar-refractivity contribution in [3.8, 4) is 0 Å². The van der Waals surface area contributed by atoms with E-state index in [1.807, 2.05) is 0 Å². The fourth-order valence-corrected chi connectivity index (χ4v) is 2.71. The SMILES string of the molecule is CC1CN(C)CCOC2(CCCCC2)O1. The van der Waals surface area contributed by atoms with Crippen LogP contribution < -0.4 is 0 Å². The molecule has 2 fully saturated rings. The highest BCUT2D eigenvalue weighted by molar-refractivity contribution is 4.79. The van der Waals surface area contributed by atoms with Gasteiger partial charge in [0.05, 0.1) is 12.7 Å². The summed E-state index contributed by atoms with van der Waals surface area (Å²) in [5.41, 5.74) is 0. The molecule has 2 aliphatic rings. The summed E-state index contributed by atoms with van der Waals surface area (Å²) in [6.07, 6.45) is 6.30. The standard InChI is InChI=1S/C12H23NO2/c1-11-10-13(2)8-9-14-12(15-11)6-4-3-5-7-12/h11H,3-10H2,1-2H3. The molecule has 0 aromatic rings. The van der Waals surface area contributed by atoms with Crippen molar-refractivity contribution in [3.63, 3.8) is 0 Å². The van der Waals surface area contributed by atoms with E-state index in [0.717, 1.165) is 32.5 Å². The van der Waals surface area contributed by atoms with Gasteiger partial charge >= 0.3 is 0 Å². The van der Waals surface area contributed by atoms with Gasteiger partial charge in [-0.05, 0) is 26.8 Å². The first kappa shape index (κ1) is 11.4. The van der Waals surface area contributed by atoms with E-state index in [9.17, 15) is 0 Å². The number of likely N-dealkylation sites (N-methyl/N-ethyl adjacent to an activating group) is 1. The molecule has 1 spiro atoms. The first-order valence-corrected chi connectivity index (χ1v) is 6.21. The summed E-state index contributed by atoms with van der Waals surface area (Å²) in [6.45, 7) is 5.01. The normalized spacial score (nSPS) is 33.6. The minimum absolute atomic E-state index is 0.237. The van der Waals surface area contributed by atoms with Crippen molar-refractivity contribution in [2.75, 3.05) is 26.7 Å². The van der Waals surface area contributed by atoms with E-state index < -0.39 is 0 Å². The van der Waals surface area contributed by atoms with Gasteiger partial charge in [-0.25, -0.2) is 0 Å². The number of hydrogen-bond acceptors (Lipinski definition) is 3. The largest absolute Gasteiger partial charge is 0.349 e. The fourth-order valence-electron chi connectivity index (χ4n) is 2.71. The van der Waals surface area contributed by atoms with Crippen LogP contribution in [0.2, 0.25) is 0 Å². The maximum atomic E-state index is 6.13. The Morgan fingerprint density at radius 3 is 2.67 bits per heavy atom. The zero-order valence-electron chi connectivity index (χ0n) is 10.00. The Labute approximate surface area is 92.7 Å². The molecule has 3 nitrogen and oxygen atoms in total. The molecule has 1 saturated carbocycles. The highest BCUT2D eigenvalue weighted by atomic mass is 16.7. The lowest BCUT2D eigenvalue weighted by molar-refractivity contribution is -0.281. The van der Waals surface area contributed by atoms with Crippen molar-refractivity contribution >= 4 is 0 Å². The van der Waals surface area contributed by atoms with Gasteiger partial charge in [-0.2, -0.15) is 0 Å². The van der Waals surface area contributed by atoms with Crippen molar-refractivity contribution in [2.24, 2.45) is 0 Å². The van der Waals surface area contributed by atoms with Crippen LogP contribution >= 0.6 is 0 Å². The molecule has 1 unspecified atom stereocenters. The molecule has 1 saturated heterocycles. The minimum Gasteiger partial charge on any atom is -0.349 e. The predicted octanol–water partition coefficient (Wildman–Crippen LogP) is 2.01. The van der Waals surface area contributed by atoms with Gasteiger partial charge in [-0.3, -0.25) is 0 Å². The summed E-state index contributed by atoms with van der Waals surface area (Å²) in [4.78, 5) is 2.28. The van der Waals surface area contributed by atoms with Crippen LogP contribution in [0, 0.1) is 0 Å². The second-order valence-electron chi connectivity index (χ2n) is 5.01. The van der Waals surface area contributed by atoms with Gasteiger partial charge < -0.3 is 14.4 Å². The quantitative estimate of drug-likeness (QED) is 0.614. The van der Waals surface area contributed by atoms with Crippen LogP contribution in [0.5, 0.6) is 0 Å². The zero-order chi connectivity index (χ0) is 10.7. The number of ether oxygens (including phenoxy) is 2. The second-order valence-corrected chi connectivity index (χ2v) is 5.01. The third-order valence-corrected chi connectivity index (χ3v) is 3.44. The maximum absolute atomic E-state index is 6.13. The molecular weight excluding hydrogens is 190 g/mol. The number of hydrogen-bond donors (Lipinski definition) is 0. The summed E-state index contributed by atoms with van der Waals surface area (Å²) >= 11 is 0. The van der Waals surface area contributed by atoms with E-state index in [1.165, 1.54) is 19.3 Å². The number of nitrogens with zero attached hydrogens (tertiary/aromatic N) is 1. The molecule has 3 heteroatoms. The highest BCUT2D eigenvalue weighted by Gasteiger charge is 2.36. The summed E-state index contributed by atoms with van der Waals surface area (Å²) < 4.78 is 12.1. The Morgan fingerprint density at radius 2 is 1.93 bits per heavy atom. The third-order valence-electron chi connectivity index (χ3n) is 3.44. The van der Waals surface area contributed by atoms with E-state index in [4.69, 9.17) is 9.47 Å². The summed E-state index contributed by atoms with van der Waals surface area (Å²) in [7, 11) is 2.13. The summed E-state index contributed by atoms with van der Waals surface area (Å²) in [5.74, 6) is -0.237. The van der Waals surface area contributed by atoms with E-state index in [0.29, 0.717) is 0 Å². The molecule has 2 rings (SSSR count). The van der Waals surface area contributed by atoms with E-state index in [2.05, 4.69) is 18.9 Å². The van der Waals surface area contributed by atoms with Crippen LogP contribution in [0.25, 0.3) is 0 Å². The topological polar surface area (TPSA) is 21.7 Å². The molecule has 1 aliphatic carbocycles. The minimum atomic E-state index is -0.237. The van der Waals surface area contributed by atoms with Gasteiger partial charge in [0.25, 0.3) is 0 Å². The molecule has 1 heterocycles. The molecule has 0 aromatic carbocycles. The molecule has 0 N–H and O–H groups in total. The van der Waals surface area contributed by atoms with Crippen molar-refractivity contribution in [1.29, 1.82) is 0 Å². The smallest absolute Gasteiger partial charge is 0.168 e. The molecule has 0 bridgehead atoms. The average molecular weight is 213 g/mol. The van der Waals surface area contributed by atoms with Crippen molar-refractivity contribution in [1.82, 2.24) is 4.90 Å². The molecule has 0 radical (unpaired) electrons. The van der Waals surface area contributed by atoms with Crippen LogP contribution in [0.15, 0.2) is 0 Å². The van der Waals surface area contributed by atoms with Gasteiger partial charge in [0.15, 0.2) is 5.79 Å². The van der Waals surface area contributed by atoms with Crippen molar-refractivity contribution < 1.29 is 9.47 Å². The highest BCUT2D eigenvalue weighted by Crippen LogP contribution is 2.34. The Hall–Kier alpha value is -0.120. The lowest BCUT2D eigenvalue weighted by Crippen LogP contribution is -2.47.